The van der Waals surface area contributed by atoms with E-state index in [9.17, 15) is 5.11 Å². The van der Waals surface area contributed by atoms with Crippen molar-refractivity contribution in [1.29, 1.82) is 0 Å². The summed E-state index contributed by atoms with van der Waals surface area (Å²) in [7, 11) is 0. The van der Waals surface area contributed by atoms with Crippen molar-refractivity contribution in [2.45, 2.75) is 60.8 Å². The minimum Gasteiger partial charge on any atom is -0.503 e. The maximum atomic E-state index is 9.65. The van der Waals surface area contributed by atoms with Crippen molar-refractivity contribution in [1.82, 2.24) is 0 Å². The highest BCUT2D eigenvalue weighted by Gasteiger charge is 2.12. The molecule has 0 radical (unpaired) electrons. The molecule has 1 aromatic carbocycles. The summed E-state index contributed by atoms with van der Waals surface area (Å²) in [6, 6.07) is 3.66. The molecular formula is C16H29ClO2. The number of hydrogen-bond donors (Lipinski definition) is 1. The van der Waals surface area contributed by atoms with Gasteiger partial charge in [-0.25, -0.2) is 0 Å². The molecule has 0 saturated heterocycles. The molecule has 0 saturated carbocycles. The number of rotatable bonds is 4. The van der Waals surface area contributed by atoms with Crippen LogP contribution < -0.4 is 4.74 Å². The summed E-state index contributed by atoms with van der Waals surface area (Å²) in [5, 5.41) is 10.0. The molecule has 1 aromatic rings. The van der Waals surface area contributed by atoms with E-state index in [1.54, 1.807) is 6.07 Å². The first-order valence-corrected chi connectivity index (χ1v) is 7.63. The molecule has 112 valence electrons. The normalized spacial score (nSPS) is 10.5. The van der Waals surface area contributed by atoms with Gasteiger partial charge < -0.3 is 9.84 Å². The average molecular weight is 289 g/mol. The summed E-state index contributed by atoms with van der Waals surface area (Å²) in [6.07, 6.45) is 1.03. The molecule has 0 heterocycles. The van der Waals surface area contributed by atoms with Crippen LogP contribution in [0.5, 0.6) is 11.5 Å². The highest BCUT2D eigenvalue weighted by atomic mass is 35.5. The third-order valence-corrected chi connectivity index (χ3v) is 2.82. The number of benzene rings is 1. The van der Waals surface area contributed by atoms with Crippen LogP contribution in [0.1, 0.15) is 66.4 Å². The van der Waals surface area contributed by atoms with E-state index in [-0.39, 0.29) is 5.75 Å². The Morgan fingerprint density at radius 2 is 1.68 bits per heavy atom. The van der Waals surface area contributed by atoms with Crippen LogP contribution in [-0.4, -0.2) is 11.7 Å². The maximum absolute atomic E-state index is 9.65. The molecule has 2 nitrogen and oxygen atoms in total. The molecule has 1 unspecified atom stereocenters. The second kappa shape index (κ2) is 12.2. The van der Waals surface area contributed by atoms with E-state index in [1.165, 1.54) is 0 Å². The lowest BCUT2D eigenvalue weighted by atomic mass is 9.98. The lowest BCUT2D eigenvalue weighted by molar-refractivity contribution is 0.317. The topological polar surface area (TPSA) is 29.5 Å². The molecule has 19 heavy (non-hydrogen) atoms. The molecule has 0 fully saturated rings. The highest BCUT2D eigenvalue weighted by molar-refractivity contribution is 6.32. The van der Waals surface area contributed by atoms with Crippen molar-refractivity contribution in [3.8, 4) is 11.5 Å². The summed E-state index contributed by atoms with van der Waals surface area (Å²) >= 11 is 5.93. The Labute approximate surface area is 123 Å². The van der Waals surface area contributed by atoms with Gasteiger partial charge in [0, 0.05) is 0 Å². The first-order chi connectivity index (χ1) is 9.10. The van der Waals surface area contributed by atoms with Gasteiger partial charge in [0.2, 0.25) is 0 Å². The van der Waals surface area contributed by atoms with Crippen LogP contribution in [0.3, 0.4) is 0 Å². The van der Waals surface area contributed by atoms with Crippen LogP contribution >= 0.6 is 11.6 Å². The third kappa shape index (κ3) is 6.72. The molecular weight excluding hydrogens is 260 g/mol. The minimum atomic E-state index is 0.0329. The van der Waals surface area contributed by atoms with E-state index in [4.69, 9.17) is 16.3 Å². The largest absolute Gasteiger partial charge is 0.503 e. The number of phenolic OH excluding ortho intramolecular Hbond substituents is 1. The van der Waals surface area contributed by atoms with Gasteiger partial charge in [-0.15, -0.1) is 0 Å². The fourth-order valence-corrected chi connectivity index (χ4v) is 1.60. The summed E-state index contributed by atoms with van der Waals surface area (Å²) in [6.45, 7) is 14.6. The van der Waals surface area contributed by atoms with E-state index in [0.29, 0.717) is 23.3 Å². The SMILES string of the molecule is CC.CC.CCOc1cc(C(C)CC)cc(Cl)c1O. The summed E-state index contributed by atoms with van der Waals surface area (Å²) in [5.41, 5.74) is 1.10. The maximum Gasteiger partial charge on any atom is 0.176 e. The smallest absolute Gasteiger partial charge is 0.176 e. The van der Waals surface area contributed by atoms with Gasteiger partial charge in [0.05, 0.1) is 11.6 Å². The Hall–Kier alpha value is -0.890. The van der Waals surface area contributed by atoms with Gasteiger partial charge in [-0.05, 0) is 37.0 Å². The van der Waals surface area contributed by atoms with Crippen molar-refractivity contribution in [2.24, 2.45) is 0 Å². The van der Waals surface area contributed by atoms with Gasteiger partial charge in [0.1, 0.15) is 0 Å². The summed E-state index contributed by atoms with van der Waals surface area (Å²) in [5.74, 6) is 0.924. The second-order valence-corrected chi connectivity index (χ2v) is 4.00. The van der Waals surface area contributed by atoms with E-state index in [2.05, 4.69) is 13.8 Å². The van der Waals surface area contributed by atoms with Gasteiger partial charge in [-0.1, -0.05) is 53.1 Å². The zero-order valence-corrected chi connectivity index (χ0v) is 14.1. The number of ether oxygens (including phenoxy) is 1. The third-order valence-electron chi connectivity index (χ3n) is 2.53. The number of hydrogen-bond acceptors (Lipinski definition) is 2. The number of aromatic hydroxyl groups is 1. The van der Waals surface area contributed by atoms with Crippen molar-refractivity contribution < 1.29 is 9.84 Å². The Kier molecular flexibility index (Phi) is 13.1. The first kappa shape index (κ1) is 20.4. The standard InChI is InChI=1S/C12H17ClO2.2C2H6/c1-4-8(3)9-6-10(13)12(14)11(7-9)15-5-2;2*1-2/h6-8,14H,4-5H2,1-3H3;2*1-2H3. The Morgan fingerprint density at radius 3 is 2.11 bits per heavy atom. The van der Waals surface area contributed by atoms with E-state index >= 15 is 0 Å². The first-order valence-electron chi connectivity index (χ1n) is 7.25. The van der Waals surface area contributed by atoms with Crippen LogP contribution in [0.4, 0.5) is 0 Å². The quantitative estimate of drug-likeness (QED) is 0.735. The van der Waals surface area contributed by atoms with Crippen molar-refractivity contribution in [3.63, 3.8) is 0 Å². The second-order valence-electron chi connectivity index (χ2n) is 3.59. The van der Waals surface area contributed by atoms with Crippen molar-refractivity contribution in [2.75, 3.05) is 6.61 Å². The zero-order chi connectivity index (χ0) is 15.4. The van der Waals surface area contributed by atoms with Crippen molar-refractivity contribution >= 4 is 11.6 Å². The average Bonchev–Trinajstić information content (AvgIpc) is 2.47. The van der Waals surface area contributed by atoms with Gasteiger partial charge >= 0.3 is 0 Å². The van der Waals surface area contributed by atoms with Crippen LogP contribution in [-0.2, 0) is 0 Å². The lowest BCUT2D eigenvalue weighted by Gasteiger charge is -2.13. The van der Waals surface area contributed by atoms with Crippen molar-refractivity contribution in [3.05, 3.63) is 22.7 Å². The van der Waals surface area contributed by atoms with Crippen LogP contribution in [0.2, 0.25) is 5.02 Å². The number of phenols is 1. The van der Waals surface area contributed by atoms with Crippen LogP contribution in [0.15, 0.2) is 12.1 Å². The molecule has 0 aliphatic carbocycles. The fourth-order valence-electron chi connectivity index (χ4n) is 1.38. The lowest BCUT2D eigenvalue weighted by Crippen LogP contribution is -1.96. The van der Waals surface area contributed by atoms with Crippen LogP contribution in [0.25, 0.3) is 0 Å². The minimum absolute atomic E-state index is 0.0329. The molecule has 1 N–H and O–H groups in total. The predicted octanol–water partition coefficient (Wildman–Crippen LogP) is 6.01. The molecule has 3 heteroatoms. The fraction of sp³-hybridized carbons (Fsp3) is 0.625. The van der Waals surface area contributed by atoms with Gasteiger partial charge in [-0.3, -0.25) is 0 Å². The van der Waals surface area contributed by atoms with Gasteiger partial charge in [-0.2, -0.15) is 0 Å². The molecule has 0 aliphatic rings. The molecule has 0 amide bonds. The van der Waals surface area contributed by atoms with E-state index in [0.717, 1.165) is 12.0 Å². The summed E-state index contributed by atoms with van der Waals surface area (Å²) < 4.78 is 5.32. The van der Waals surface area contributed by atoms with Gasteiger partial charge in [0.25, 0.3) is 0 Å². The molecule has 1 rings (SSSR count). The highest BCUT2D eigenvalue weighted by Crippen LogP contribution is 2.37. The Balaban J connectivity index is 0. The molecule has 0 aromatic heterocycles. The molecule has 1 atom stereocenters. The predicted molar refractivity (Wildman–Crippen MR) is 85.7 cm³/mol. The Bertz CT molecular complexity index is 338. The van der Waals surface area contributed by atoms with Gasteiger partial charge in [0.15, 0.2) is 11.5 Å². The Morgan fingerprint density at radius 1 is 1.16 bits per heavy atom. The molecule has 0 spiro atoms. The molecule has 0 aliphatic heterocycles. The molecule has 0 bridgehead atoms. The van der Waals surface area contributed by atoms with E-state index < -0.39 is 0 Å². The summed E-state index contributed by atoms with van der Waals surface area (Å²) in [4.78, 5) is 0. The monoisotopic (exact) mass is 288 g/mol. The van der Waals surface area contributed by atoms with E-state index in [1.807, 2.05) is 40.7 Å². The number of halogens is 1. The van der Waals surface area contributed by atoms with Crippen LogP contribution in [0, 0.1) is 0 Å². The zero-order valence-electron chi connectivity index (χ0n) is 13.4.